The first kappa shape index (κ1) is 22.7. The molecule has 0 bridgehead atoms. The van der Waals surface area contributed by atoms with Gasteiger partial charge in [0.2, 0.25) is 5.09 Å². The van der Waals surface area contributed by atoms with E-state index in [9.17, 15) is 22.8 Å². The van der Waals surface area contributed by atoms with Crippen molar-refractivity contribution in [3.63, 3.8) is 0 Å². The molecule has 0 radical (unpaired) electrons. The number of sulfonamides is 1. The van der Waals surface area contributed by atoms with E-state index in [1.165, 1.54) is 51.5 Å². The number of hydrogen-bond donors (Lipinski definition) is 0. The molecule has 0 fully saturated rings. The highest BCUT2D eigenvalue weighted by atomic mass is 32.2. The zero-order valence-corrected chi connectivity index (χ0v) is 18.1. The van der Waals surface area contributed by atoms with Gasteiger partial charge in [-0.2, -0.15) is 0 Å². The van der Waals surface area contributed by atoms with E-state index in [1.54, 1.807) is 0 Å². The molecule has 0 spiro atoms. The van der Waals surface area contributed by atoms with Gasteiger partial charge >= 0.3 is 5.97 Å². The van der Waals surface area contributed by atoms with Crippen LogP contribution in [-0.2, 0) is 26.1 Å². The molecular formula is C20H22N2O8S. The number of esters is 1. The highest BCUT2D eigenvalue weighted by molar-refractivity contribution is 7.88. The van der Waals surface area contributed by atoms with Crippen LogP contribution in [0, 0.1) is 0 Å². The molecule has 0 N–H and O–H groups in total. The largest absolute Gasteiger partial charge is 0.454 e. The average molecular weight is 450 g/mol. The summed E-state index contributed by atoms with van der Waals surface area (Å²) in [7, 11) is 0.541. The lowest BCUT2D eigenvalue weighted by atomic mass is 10.1. The summed E-state index contributed by atoms with van der Waals surface area (Å²) < 4.78 is 40.4. The maximum Gasteiger partial charge on any atom is 0.338 e. The van der Waals surface area contributed by atoms with Gasteiger partial charge in [0.25, 0.3) is 21.8 Å². The number of rotatable bonds is 9. The maximum absolute atomic E-state index is 12.5. The predicted molar refractivity (Wildman–Crippen MR) is 107 cm³/mol. The lowest BCUT2D eigenvalue weighted by molar-refractivity contribution is 0.0440. The molecule has 1 aromatic heterocycles. The Morgan fingerprint density at radius 3 is 2.48 bits per heavy atom. The van der Waals surface area contributed by atoms with E-state index in [4.69, 9.17) is 13.9 Å². The molecule has 166 valence electrons. The first-order valence-corrected chi connectivity index (χ1v) is 10.8. The molecule has 0 saturated heterocycles. The van der Waals surface area contributed by atoms with Crippen LogP contribution in [0.2, 0.25) is 0 Å². The fourth-order valence-corrected chi connectivity index (χ4v) is 3.77. The van der Waals surface area contributed by atoms with Crippen molar-refractivity contribution in [2.45, 2.75) is 18.1 Å². The Morgan fingerprint density at radius 2 is 1.81 bits per heavy atom. The van der Waals surface area contributed by atoms with Crippen molar-refractivity contribution < 1.29 is 36.7 Å². The molecule has 1 aliphatic heterocycles. The van der Waals surface area contributed by atoms with Crippen LogP contribution in [0.3, 0.4) is 0 Å². The molecule has 0 aliphatic carbocycles. The number of ether oxygens (including phenoxy) is 2. The second-order valence-electron chi connectivity index (χ2n) is 6.95. The third-order valence-corrected chi connectivity index (χ3v) is 6.34. The molecule has 0 unspecified atom stereocenters. The van der Waals surface area contributed by atoms with Gasteiger partial charge in [-0.05, 0) is 36.8 Å². The molecule has 1 aliphatic rings. The third-order valence-electron chi connectivity index (χ3n) is 4.65. The van der Waals surface area contributed by atoms with Crippen LogP contribution in [0.1, 0.15) is 43.3 Å². The molecule has 1 aromatic carbocycles. The van der Waals surface area contributed by atoms with Gasteiger partial charge in [-0.15, -0.1) is 0 Å². The minimum atomic E-state index is -3.73. The first-order chi connectivity index (χ1) is 14.7. The van der Waals surface area contributed by atoms with Gasteiger partial charge in [-0.25, -0.2) is 17.5 Å². The molecule has 2 aromatic rings. The van der Waals surface area contributed by atoms with Gasteiger partial charge in [-0.1, -0.05) is 0 Å². The summed E-state index contributed by atoms with van der Waals surface area (Å²) >= 11 is 0. The fraction of sp³-hybridized carbons (Fsp3) is 0.350. The molecule has 2 amide bonds. The fourth-order valence-electron chi connectivity index (χ4n) is 2.96. The van der Waals surface area contributed by atoms with Gasteiger partial charge in [0.05, 0.1) is 16.7 Å². The van der Waals surface area contributed by atoms with Crippen LogP contribution >= 0.6 is 0 Å². The van der Waals surface area contributed by atoms with Crippen LogP contribution in [0.15, 0.2) is 39.8 Å². The topological polar surface area (TPSA) is 123 Å². The highest BCUT2D eigenvalue weighted by Gasteiger charge is 2.35. The van der Waals surface area contributed by atoms with Gasteiger partial charge in [-0.3, -0.25) is 14.5 Å². The quantitative estimate of drug-likeness (QED) is 0.320. The zero-order valence-electron chi connectivity index (χ0n) is 17.3. The molecule has 0 saturated carbocycles. The summed E-state index contributed by atoms with van der Waals surface area (Å²) in [6, 6.07) is 6.80. The summed E-state index contributed by atoms with van der Waals surface area (Å²) in [5.41, 5.74) is 0.448. The summed E-state index contributed by atoms with van der Waals surface area (Å²) in [5, 5.41) is -0.265. The number of imide groups is 1. The van der Waals surface area contributed by atoms with E-state index in [1.807, 2.05) is 0 Å². The molecule has 10 nitrogen and oxygen atoms in total. The lowest BCUT2D eigenvalue weighted by Gasteiger charge is -2.12. The standard InChI is InChI=1S/C20H22N2O8S/c1-21(2)31(26,27)17-8-6-14(30-17)12-29-20(25)13-5-7-15-16(11-13)19(24)22(18(15)23)9-4-10-28-3/h5-8,11H,4,9-10,12H2,1-3H3. The Labute approximate surface area is 179 Å². The van der Waals surface area contributed by atoms with Crippen LogP contribution in [0.5, 0.6) is 0 Å². The summed E-state index contributed by atoms with van der Waals surface area (Å²) in [5.74, 6) is -1.49. The van der Waals surface area contributed by atoms with Crippen LogP contribution in [0.4, 0.5) is 0 Å². The van der Waals surface area contributed by atoms with Crippen molar-refractivity contribution in [1.29, 1.82) is 0 Å². The number of fused-ring (bicyclic) bond motifs is 1. The van der Waals surface area contributed by atoms with Gasteiger partial charge < -0.3 is 13.9 Å². The number of carbonyl (C=O) groups is 3. The van der Waals surface area contributed by atoms with Crippen LogP contribution < -0.4 is 0 Å². The van der Waals surface area contributed by atoms with Gasteiger partial charge in [0, 0.05) is 34.4 Å². The number of carbonyl (C=O) groups excluding carboxylic acids is 3. The number of benzene rings is 1. The Balaban J connectivity index is 1.68. The molecule has 31 heavy (non-hydrogen) atoms. The SMILES string of the molecule is COCCCN1C(=O)c2ccc(C(=O)OCc3ccc(S(=O)(=O)N(C)C)o3)cc2C1=O. The Morgan fingerprint density at radius 1 is 1.10 bits per heavy atom. The van der Waals surface area contributed by atoms with Crippen molar-refractivity contribution >= 4 is 27.8 Å². The normalized spacial score (nSPS) is 13.7. The van der Waals surface area contributed by atoms with E-state index in [0.717, 1.165) is 9.21 Å². The number of amides is 2. The number of methoxy groups -OCH3 is 1. The second-order valence-corrected chi connectivity index (χ2v) is 9.04. The average Bonchev–Trinajstić information content (AvgIpc) is 3.31. The van der Waals surface area contributed by atoms with E-state index >= 15 is 0 Å². The van der Waals surface area contributed by atoms with E-state index in [-0.39, 0.29) is 40.7 Å². The smallest absolute Gasteiger partial charge is 0.338 e. The predicted octanol–water partition coefficient (Wildman–Crippen LogP) is 1.52. The maximum atomic E-state index is 12.5. The van der Waals surface area contributed by atoms with Gasteiger partial charge in [0.1, 0.15) is 12.4 Å². The monoisotopic (exact) mass is 450 g/mol. The van der Waals surface area contributed by atoms with Crippen molar-refractivity contribution in [2.24, 2.45) is 0 Å². The van der Waals surface area contributed by atoms with Crippen LogP contribution in [0.25, 0.3) is 0 Å². The molecule has 2 heterocycles. The minimum absolute atomic E-state index is 0.0892. The first-order valence-electron chi connectivity index (χ1n) is 9.34. The van der Waals surface area contributed by atoms with E-state index in [0.29, 0.717) is 13.0 Å². The number of nitrogens with zero attached hydrogens (tertiary/aromatic N) is 2. The van der Waals surface area contributed by atoms with Crippen molar-refractivity contribution in [3.8, 4) is 0 Å². The van der Waals surface area contributed by atoms with Crippen molar-refractivity contribution in [1.82, 2.24) is 9.21 Å². The summed E-state index contributed by atoms with van der Waals surface area (Å²) in [6.45, 7) is 0.334. The van der Waals surface area contributed by atoms with Crippen molar-refractivity contribution in [3.05, 3.63) is 52.8 Å². The van der Waals surface area contributed by atoms with E-state index in [2.05, 4.69) is 0 Å². The molecule has 11 heteroatoms. The zero-order chi connectivity index (χ0) is 22.8. The van der Waals surface area contributed by atoms with Gasteiger partial charge in [0.15, 0.2) is 0 Å². The van der Waals surface area contributed by atoms with Crippen molar-refractivity contribution in [2.75, 3.05) is 34.4 Å². The van der Waals surface area contributed by atoms with Crippen LogP contribution in [-0.4, -0.2) is 69.8 Å². The number of furan rings is 1. The molecule has 3 rings (SSSR count). The molecular weight excluding hydrogens is 428 g/mol. The summed E-state index contributed by atoms with van der Waals surface area (Å²) in [4.78, 5) is 38.5. The second kappa shape index (κ2) is 9.00. The minimum Gasteiger partial charge on any atom is -0.454 e. The lowest BCUT2D eigenvalue weighted by Crippen LogP contribution is -2.31. The third kappa shape index (κ3) is 4.53. The Hall–Kier alpha value is -3.02. The number of hydrogen-bond acceptors (Lipinski definition) is 8. The Bertz CT molecular complexity index is 1120. The Kier molecular flexibility index (Phi) is 6.58. The molecule has 0 atom stereocenters. The highest BCUT2D eigenvalue weighted by Crippen LogP contribution is 2.25. The summed E-state index contributed by atoms with van der Waals surface area (Å²) in [6.07, 6.45) is 0.506. The van der Waals surface area contributed by atoms with E-state index < -0.39 is 27.8 Å².